The number of hydrogen-bond donors (Lipinski definition) is 0. The van der Waals surface area contributed by atoms with Gasteiger partial charge in [-0.3, -0.25) is 14.2 Å². The zero-order chi connectivity index (χ0) is 21.6. The summed E-state index contributed by atoms with van der Waals surface area (Å²) in [7, 11) is 0. The molecule has 0 amide bonds. The van der Waals surface area contributed by atoms with Gasteiger partial charge < -0.3 is 14.2 Å². The molecule has 156 valence electrons. The smallest absolute Gasteiger partial charge is 0.342 e. The number of carbonyl (C=O) groups excluding carboxylic acids is 2. The predicted molar refractivity (Wildman–Crippen MR) is 108 cm³/mol. The minimum atomic E-state index is -0.674. The van der Waals surface area contributed by atoms with Crippen molar-refractivity contribution in [1.29, 1.82) is 0 Å². The van der Waals surface area contributed by atoms with Crippen molar-refractivity contribution in [2.24, 2.45) is 0 Å². The number of nitrogens with zero attached hydrogens (tertiary/aromatic N) is 1. The predicted octanol–water partition coefficient (Wildman–Crippen LogP) is 3.25. The number of carbonyl (C=O) groups is 2. The lowest BCUT2D eigenvalue weighted by Crippen LogP contribution is -2.33. The maximum absolute atomic E-state index is 13.1. The van der Waals surface area contributed by atoms with Gasteiger partial charge in [-0.1, -0.05) is 30.3 Å². The standard InChI is InChI=1S/C22H27NO6/c1-6-27-21(26)17-12-15(2)23(13-18(24)29-22(3,4)5)20(25)19(17)28-14-16-10-8-7-9-11-16/h7-12H,6,13-14H2,1-5H3. The lowest BCUT2D eigenvalue weighted by atomic mass is 10.2. The molecule has 7 nitrogen and oxygen atoms in total. The minimum Gasteiger partial charge on any atom is -0.482 e. The summed E-state index contributed by atoms with van der Waals surface area (Å²) < 4.78 is 17.3. The van der Waals surface area contributed by atoms with Crippen LogP contribution in [0.3, 0.4) is 0 Å². The fourth-order valence-electron chi connectivity index (χ4n) is 2.68. The van der Waals surface area contributed by atoms with Crippen LogP contribution in [0.2, 0.25) is 0 Å². The zero-order valence-corrected chi connectivity index (χ0v) is 17.5. The highest BCUT2D eigenvalue weighted by Crippen LogP contribution is 2.19. The Bertz CT molecular complexity index is 925. The quantitative estimate of drug-likeness (QED) is 0.662. The van der Waals surface area contributed by atoms with Crippen molar-refractivity contribution in [2.45, 2.75) is 53.4 Å². The zero-order valence-electron chi connectivity index (χ0n) is 17.5. The van der Waals surface area contributed by atoms with Crippen LogP contribution in [0.4, 0.5) is 0 Å². The summed E-state index contributed by atoms with van der Waals surface area (Å²) in [5, 5.41) is 0. The van der Waals surface area contributed by atoms with Gasteiger partial charge in [0.1, 0.15) is 24.3 Å². The van der Waals surface area contributed by atoms with Gasteiger partial charge in [-0.15, -0.1) is 0 Å². The van der Waals surface area contributed by atoms with Gasteiger partial charge in [0, 0.05) is 5.69 Å². The van der Waals surface area contributed by atoms with E-state index in [1.54, 1.807) is 34.6 Å². The minimum absolute atomic E-state index is 0.0331. The molecule has 0 saturated carbocycles. The van der Waals surface area contributed by atoms with Gasteiger partial charge in [-0.25, -0.2) is 4.79 Å². The van der Waals surface area contributed by atoms with Gasteiger partial charge in [0.25, 0.3) is 5.56 Å². The lowest BCUT2D eigenvalue weighted by Gasteiger charge is -2.21. The molecule has 0 fully saturated rings. The number of aryl methyl sites for hydroxylation is 1. The van der Waals surface area contributed by atoms with Crippen LogP contribution in [0, 0.1) is 6.92 Å². The third kappa shape index (κ3) is 6.20. The van der Waals surface area contributed by atoms with Crippen molar-refractivity contribution in [3.05, 3.63) is 63.6 Å². The summed E-state index contributed by atoms with van der Waals surface area (Å²) in [6, 6.07) is 10.7. The number of esters is 2. The Balaban J connectivity index is 2.41. The number of benzene rings is 1. The summed E-state index contributed by atoms with van der Waals surface area (Å²) in [5.41, 5.74) is 0.0315. The Labute approximate surface area is 170 Å². The Kier molecular flexibility index (Phi) is 7.20. The van der Waals surface area contributed by atoms with Crippen molar-refractivity contribution < 1.29 is 23.8 Å². The van der Waals surface area contributed by atoms with Crippen molar-refractivity contribution >= 4 is 11.9 Å². The molecule has 0 spiro atoms. The Morgan fingerprint density at radius 1 is 1.10 bits per heavy atom. The molecule has 0 aliphatic carbocycles. The molecule has 0 N–H and O–H groups in total. The molecule has 1 aromatic heterocycles. The van der Waals surface area contributed by atoms with Crippen molar-refractivity contribution in [1.82, 2.24) is 4.57 Å². The van der Waals surface area contributed by atoms with Crippen LogP contribution in [0.15, 0.2) is 41.2 Å². The number of pyridine rings is 1. The maximum atomic E-state index is 13.1. The van der Waals surface area contributed by atoms with Crippen LogP contribution >= 0.6 is 0 Å². The molecule has 0 bridgehead atoms. The topological polar surface area (TPSA) is 83.8 Å². The second-order valence-electron chi connectivity index (χ2n) is 7.50. The molecule has 1 aromatic carbocycles. The maximum Gasteiger partial charge on any atom is 0.342 e. The van der Waals surface area contributed by atoms with E-state index in [-0.39, 0.29) is 31.1 Å². The van der Waals surface area contributed by atoms with E-state index in [0.29, 0.717) is 5.69 Å². The highest BCUT2D eigenvalue weighted by molar-refractivity contribution is 5.92. The van der Waals surface area contributed by atoms with Gasteiger partial charge in [0.15, 0.2) is 5.75 Å². The van der Waals surface area contributed by atoms with Crippen LogP contribution in [-0.2, 0) is 27.4 Å². The van der Waals surface area contributed by atoms with E-state index in [0.717, 1.165) is 5.56 Å². The van der Waals surface area contributed by atoms with Crippen LogP contribution in [0.1, 0.15) is 49.3 Å². The highest BCUT2D eigenvalue weighted by Gasteiger charge is 2.24. The molecule has 0 aliphatic rings. The van der Waals surface area contributed by atoms with Gasteiger partial charge in [0.2, 0.25) is 0 Å². The van der Waals surface area contributed by atoms with E-state index in [9.17, 15) is 14.4 Å². The third-order valence-electron chi connectivity index (χ3n) is 3.89. The normalized spacial score (nSPS) is 11.1. The summed E-state index contributed by atoms with van der Waals surface area (Å²) in [6.07, 6.45) is 0. The second-order valence-corrected chi connectivity index (χ2v) is 7.50. The fourth-order valence-corrected chi connectivity index (χ4v) is 2.68. The number of ether oxygens (including phenoxy) is 3. The Morgan fingerprint density at radius 3 is 2.34 bits per heavy atom. The van der Waals surface area contributed by atoms with Crippen LogP contribution in [0.5, 0.6) is 5.75 Å². The molecule has 2 rings (SSSR count). The number of rotatable bonds is 7. The lowest BCUT2D eigenvalue weighted by molar-refractivity contribution is -0.155. The molecule has 0 saturated heterocycles. The van der Waals surface area contributed by atoms with Gasteiger partial charge in [0.05, 0.1) is 6.61 Å². The second kappa shape index (κ2) is 9.41. The molecule has 0 radical (unpaired) electrons. The Hall–Kier alpha value is -3.09. The molecule has 0 aliphatic heterocycles. The largest absolute Gasteiger partial charge is 0.482 e. The van der Waals surface area contributed by atoms with Crippen LogP contribution in [-0.4, -0.2) is 28.7 Å². The van der Waals surface area contributed by atoms with Gasteiger partial charge in [-0.05, 0) is 46.2 Å². The summed E-state index contributed by atoms with van der Waals surface area (Å²) in [6.45, 7) is 8.53. The summed E-state index contributed by atoms with van der Waals surface area (Å²) in [4.78, 5) is 37.7. The SMILES string of the molecule is CCOC(=O)c1cc(C)n(CC(=O)OC(C)(C)C)c(=O)c1OCc1ccccc1. The first-order valence-electron chi connectivity index (χ1n) is 9.42. The highest BCUT2D eigenvalue weighted by atomic mass is 16.6. The molecule has 0 atom stereocenters. The van der Waals surface area contributed by atoms with E-state index in [1.165, 1.54) is 10.6 Å². The van der Waals surface area contributed by atoms with Gasteiger partial charge >= 0.3 is 11.9 Å². The number of aromatic nitrogens is 1. The first-order valence-corrected chi connectivity index (χ1v) is 9.42. The van der Waals surface area contributed by atoms with Crippen molar-refractivity contribution in [3.63, 3.8) is 0 Å². The van der Waals surface area contributed by atoms with E-state index in [4.69, 9.17) is 14.2 Å². The monoisotopic (exact) mass is 401 g/mol. The van der Waals surface area contributed by atoms with E-state index < -0.39 is 23.1 Å². The third-order valence-corrected chi connectivity index (χ3v) is 3.89. The molecule has 0 unspecified atom stereocenters. The van der Waals surface area contributed by atoms with E-state index in [2.05, 4.69) is 0 Å². The molecule has 7 heteroatoms. The summed E-state index contributed by atoms with van der Waals surface area (Å²) in [5.74, 6) is -1.36. The molecular weight excluding hydrogens is 374 g/mol. The average molecular weight is 401 g/mol. The van der Waals surface area contributed by atoms with E-state index in [1.807, 2.05) is 30.3 Å². The Morgan fingerprint density at radius 2 is 1.76 bits per heavy atom. The first-order chi connectivity index (χ1) is 13.6. The van der Waals surface area contributed by atoms with Crippen molar-refractivity contribution in [2.75, 3.05) is 6.61 Å². The van der Waals surface area contributed by atoms with Crippen LogP contribution < -0.4 is 10.3 Å². The number of hydrogen-bond acceptors (Lipinski definition) is 6. The van der Waals surface area contributed by atoms with Crippen LogP contribution in [0.25, 0.3) is 0 Å². The first kappa shape index (κ1) is 22.2. The summed E-state index contributed by atoms with van der Waals surface area (Å²) >= 11 is 0. The molecule has 1 heterocycles. The molecular formula is C22H27NO6. The average Bonchev–Trinajstić information content (AvgIpc) is 2.63. The molecule has 2 aromatic rings. The van der Waals surface area contributed by atoms with E-state index >= 15 is 0 Å². The van der Waals surface area contributed by atoms with Crippen molar-refractivity contribution in [3.8, 4) is 5.75 Å². The fraction of sp³-hybridized carbons (Fsp3) is 0.409. The van der Waals surface area contributed by atoms with Gasteiger partial charge in [-0.2, -0.15) is 0 Å². The molecule has 29 heavy (non-hydrogen) atoms.